The van der Waals surface area contributed by atoms with Crippen LogP contribution in [0.1, 0.15) is 136 Å². The first-order valence-electron chi connectivity index (χ1n) is 21.2. The summed E-state index contributed by atoms with van der Waals surface area (Å²) in [4.78, 5) is 35.0. The third kappa shape index (κ3) is 36.4. The molecule has 0 aromatic carbocycles. The number of carbonyl (C=O) groups is 2. The molecular formula is C44H75O13P. The molecule has 0 aromatic heterocycles. The van der Waals surface area contributed by atoms with Gasteiger partial charge in [-0.05, 0) is 57.8 Å². The van der Waals surface area contributed by atoms with Gasteiger partial charge in [0.25, 0.3) is 0 Å². The number of phosphoric acid groups is 1. The van der Waals surface area contributed by atoms with E-state index in [9.17, 15) is 39.5 Å². The van der Waals surface area contributed by atoms with Crippen molar-refractivity contribution in [3.8, 4) is 0 Å². The van der Waals surface area contributed by atoms with Gasteiger partial charge in [0.15, 0.2) is 6.10 Å². The van der Waals surface area contributed by atoms with Crippen LogP contribution in [0.15, 0.2) is 72.9 Å². The fourth-order valence-corrected chi connectivity index (χ4v) is 6.06. The monoisotopic (exact) mass is 842 g/mol. The van der Waals surface area contributed by atoms with Gasteiger partial charge in [0.1, 0.15) is 12.7 Å². The summed E-state index contributed by atoms with van der Waals surface area (Å²) in [5.41, 5.74) is 0. The molecule has 1 unspecified atom stereocenters. The van der Waals surface area contributed by atoms with Crippen molar-refractivity contribution in [3.05, 3.63) is 72.9 Å². The van der Waals surface area contributed by atoms with Gasteiger partial charge in [0, 0.05) is 12.8 Å². The van der Waals surface area contributed by atoms with Crippen LogP contribution in [0.2, 0.25) is 0 Å². The first-order chi connectivity index (χ1) is 27.9. The number of ether oxygens (including phenoxy) is 2. The van der Waals surface area contributed by atoms with E-state index in [-0.39, 0.29) is 25.7 Å². The Hall–Kier alpha value is -2.71. The van der Waals surface area contributed by atoms with E-state index in [1.54, 1.807) is 42.5 Å². The van der Waals surface area contributed by atoms with E-state index in [1.807, 2.05) is 19.1 Å². The maximum atomic E-state index is 12.6. The predicted octanol–water partition coefficient (Wildman–Crippen LogP) is 7.80. The normalized spacial score (nSPS) is 16.2. The van der Waals surface area contributed by atoms with Gasteiger partial charge in [-0.3, -0.25) is 18.6 Å². The number of carbonyl (C=O) groups excluding carboxylic acids is 2. The SMILES string of the molecule is CC/C=C\C[C@H](O)/C=C/C=C/C=C\C=C/[C@@H](O)[C@H](O)CCCC(=O)O[C@H](COC(=O)CCCCCCCCC/C=C\CCCCCC)COP(=O)(O)OC[C@@H](O)CO. The molecule has 0 aromatic rings. The summed E-state index contributed by atoms with van der Waals surface area (Å²) >= 11 is 0. The number of allylic oxidation sites excluding steroid dienone is 9. The van der Waals surface area contributed by atoms with Crippen LogP contribution >= 0.6 is 7.82 Å². The van der Waals surface area contributed by atoms with E-state index < -0.39 is 76.7 Å². The summed E-state index contributed by atoms with van der Waals surface area (Å²) in [6, 6.07) is 0. The maximum Gasteiger partial charge on any atom is 0.472 e. The largest absolute Gasteiger partial charge is 0.472 e. The summed E-state index contributed by atoms with van der Waals surface area (Å²) in [6.07, 6.45) is 32.4. The number of aliphatic hydroxyl groups excluding tert-OH is 5. The van der Waals surface area contributed by atoms with Crippen LogP contribution in [-0.4, -0.2) is 99.3 Å². The number of esters is 2. The molecule has 6 N–H and O–H groups in total. The summed E-state index contributed by atoms with van der Waals surface area (Å²) in [6.45, 7) is 1.75. The Morgan fingerprint density at radius 1 is 0.638 bits per heavy atom. The van der Waals surface area contributed by atoms with E-state index in [2.05, 4.69) is 23.6 Å². The average molecular weight is 843 g/mol. The first-order valence-corrected chi connectivity index (χ1v) is 22.7. The Balaban J connectivity index is 4.67. The highest BCUT2D eigenvalue weighted by atomic mass is 31.2. The lowest BCUT2D eigenvalue weighted by Gasteiger charge is -2.20. The van der Waals surface area contributed by atoms with Crippen molar-refractivity contribution >= 4 is 19.8 Å². The highest BCUT2D eigenvalue weighted by Gasteiger charge is 2.27. The van der Waals surface area contributed by atoms with Crippen LogP contribution in [0.5, 0.6) is 0 Å². The third-order valence-electron chi connectivity index (χ3n) is 8.69. The van der Waals surface area contributed by atoms with Crippen LogP contribution in [-0.2, 0) is 32.7 Å². The van der Waals surface area contributed by atoms with E-state index >= 15 is 0 Å². The smallest absolute Gasteiger partial charge is 0.462 e. The lowest BCUT2D eigenvalue weighted by Crippen LogP contribution is -2.30. The highest BCUT2D eigenvalue weighted by Crippen LogP contribution is 2.43. The lowest BCUT2D eigenvalue weighted by atomic mass is 10.1. The number of unbranched alkanes of at least 4 members (excludes halogenated alkanes) is 11. The van der Waals surface area contributed by atoms with Gasteiger partial charge in [-0.2, -0.15) is 0 Å². The molecule has 0 spiro atoms. The van der Waals surface area contributed by atoms with Crippen LogP contribution < -0.4 is 0 Å². The predicted molar refractivity (Wildman–Crippen MR) is 228 cm³/mol. The maximum absolute atomic E-state index is 12.6. The minimum Gasteiger partial charge on any atom is -0.462 e. The molecule has 6 atom stereocenters. The lowest BCUT2D eigenvalue weighted by molar-refractivity contribution is -0.161. The third-order valence-corrected chi connectivity index (χ3v) is 9.64. The van der Waals surface area contributed by atoms with Gasteiger partial charge in [-0.25, -0.2) is 4.57 Å². The van der Waals surface area contributed by atoms with Crippen molar-refractivity contribution in [2.75, 3.05) is 26.4 Å². The summed E-state index contributed by atoms with van der Waals surface area (Å²) in [7, 11) is -4.72. The second-order valence-corrected chi connectivity index (χ2v) is 15.7. The molecule has 0 bridgehead atoms. The zero-order valence-electron chi connectivity index (χ0n) is 35.1. The molecule has 0 heterocycles. The molecule has 0 aliphatic heterocycles. The second-order valence-electron chi connectivity index (χ2n) is 14.2. The summed E-state index contributed by atoms with van der Waals surface area (Å²) < 4.78 is 32.4. The van der Waals surface area contributed by atoms with Crippen LogP contribution in [0.4, 0.5) is 0 Å². The molecule has 0 saturated heterocycles. The number of aliphatic hydroxyl groups is 5. The minimum atomic E-state index is -4.72. The Morgan fingerprint density at radius 3 is 1.84 bits per heavy atom. The second kappa shape index (κ2) is 38.5. The molecule has 0 aliphatic rings. The molecule has 0 radical (unpaired) electrons. The van der Waals surface area contributed by atoms with Gasteiger partial charge in [0.05, 0.1) is 38.1 Å². The Bertz CT molecular complexity index is 1250. The van der Waals surface area contributed by atoms with E-state index in [0.717, 1.165) is 38.5 Å². The van der Waals surface area contributed by atoms with Gasteiger partial charge in [-0.15, -0.1) is 0 Å². The van der Waals surface area contributed by atoms with Gasteiger partial charge in [-0.1, -0.05) is 138 Å². The Kier molecular flexibility index (Phi) is 36.7. The molecule has 0 aliphatic carbocycles. The van der Waals surface area contributed by atoms with E-state index in [0.29, 0.717) is 12.8 Å². The molecule has 13 nitrogen and oxygen atoms in total. The van der Waals surface area contributed by atoms with Crippen molar-refractivity contribution in [1.82, 2.24) is 0 Å². The van der Waals surface area contributed by atoms with Gasteiger partial charge >= 0.3 is 19.8 Å². The molecule has 0 rings (SSSR count). The van der Waals surface area contributed by atoms with E-state index in [1.165, 1.54) is 51.0 Å². The van der Waals surface area contributed by atoms with Crippen molar-refractivity contribution in [3.63, 3.8) is 0 Å². The average Bonchev–Trinajstić information content (AvgIpc) is 3.20. The standard InChI is InChI=1S/C44H75O13P/c1-3-5-7-8-9-10-11-12-13-14-15-16-17-22-26-32-43(50)54-36-40(37-56-58(52,53)55-35-39(47)34-45)57-44(51)33-27-31-42(49)41(48)30-25-21-19-18-20-24-29-38(46)28-23-6-4-2/h6,10-11,18-21,23-25,29-30,38-42,45-49H,3-5,7-9,12-17,22,26-28,31-37H2,1-2H3,(H,52,53)/b11-10-,20-18+,21-19-,23-6-,29-24+,30-25-/t38-,39-,40+,41+,42+/m0/s1. The topological polar surface area (TPSA) is 210 Å². The van der Waals surface area contributed by atoms with Crippen LogP contribution in [0, 0.1) is 0 Å². The van der Waals surface area contributed by atoms with Crippen LogP contribution in [0.25, 0.3) is 0 Å². The van der Waals surface area contributed by atoms with Crippen molar-refractivity contribution in [2.24, 2.45) is 0 Å². The quantitative estimate of drug-likeness (QED) is 0.0115. The Morgan fingerprint density at radius 2 is 1.21 bits per heavy atom. The fraction of sp³-hybridized carbons (Fsp3) is 0.682. The number of hydrogen-bond donors (Lipinski definition) is 6. The molecule has 334 valence electrons. The number of hydrogen-bond acceptors (Lipinski definition) is 12. The van der Waals surface area contributed by atoms with E-state index in [4.69, 9.17) is 19.1 Å². The molecular weight excluding hydrogens is 767 g/mol. The van der Waals surface area contributed by atoms with Crippen molar-refractivity contribution in [2.45, 2.75) is 166 Å². The fourth-order valence-electron chi connectivity index (χ4n) is 5.27. The molecule has 58 heavy (non-hydrogen) atoms. The molecule has 0 fully saturated rings. The highest BCUT2D eigenvalue weighted by molar-refractivity contribution is 7.47. The van der Waals surface area contributed by atoms with Crippen molar-refractivity contribution in [1.29, 1.82) is 0 Å². The summed E-state index contributed by atoms with van der Waals surface area (Å²) in [5, 5.41) is 48.7. The zero-order valence-corrected chi connectivity index (χ0v) is 36.0. The molecule has 14 heteroatoms. The summed E-state index contributed by atoms with van der Waals surface area (Å²) in [5.74, 6) is -1.27. The minimum absolute atomic E-state index is 0.0599. The van der Waals surface area contributed by atoms with Gasteiger partial charge < -0.3 is 39.9 Å². The Labute approximate surface area is 347 Å². The van der Waals surface area contributed by atoms with Gasteiger partial charge in [0.2, 0.25) is 0 Å². The number of phosphoric ester groups is 1. The zero-order chi connectivity index (χ0) is 43.1. The molecule has 0 saturated carbocycles. The van der Waals surface area contributed by atoms with Crippen molar-refractivity contribution < 1.29 is 63.1 Å². The number of rotatable bonds is 38. The molecule has 0 amide bonds. The first kappa shape index (κ1) is 55.3. The van der Waals surface area contributed by atoms with Crippen LogP contribution in [0.3, 0.4) is 0 Å².